The van der Waals surface area contributed by atoms with Crippen molar-refractivity contribution in [2.75, 3.05) is 18.4 Å². The van der Waals surface area contributed by atoms with Crippen molar-refractivity contribution >= 4 is 21.6 Å². The summed E-state index contributed by atoms with van der Waals surface area (Å²) in [6.45, 7) is 0.367. The first kappa shape index (κ1) is 18.1. The molecular weight excluding hydrogens is 328 g/mol. The van der Waals surface area contributed by atoms with Crippen LogP contribution in [0, 0.1) is 0 Å². The van der Waals surface area contributed by atoms with Gasteiger partial charge in [-0.25, -0.2) is 13.1 Å². The largest absolute Gasteiger partial charge is 0.329 e. The summed E-state index contributed by atoms with van der Waals surface area (Å²) in [5.41, 5.74) is 6.56. The van der Waals surface area contributed by atoms with E-state index in [1.54, 1.807) is 18.3 Å². The van der Waals surface area contributed by atoms with Crippen LogP contribution < -0.4 is 15.8 Å². The fourth-order valence-corrected chi connectivity index (χ4v) is 3.12. The van der Waals surface area contributed by atoms with E-state index in [1.807, 2.05) is 18.2 Å². The maximum Gasteiger partial charge on any atom is 0.240 e. The van der Waals surface area contributed by atoms with Gasteiger partial charge in [0.25, 0.3) is 0 Å². The molecule has 0 spiro atoms. The quantitative estimate of drug-likeness (QED) is 0.655. The Kier molecular flexibility index (Phi) is 6.42. The zero-order chi connectivity index (χ0) is 17.4. The van der Waals surface area contributed by atoms with E-state index in [1.165, 1.54) is 12.1 Å². The Morgan fingerprint density at radius 1 is 1.17 bits per heavy atom. The van der Waals surface area contributed by atoms with Crippen molar-refractivity contribution < 1.29 is 13.2 Å². The minimum absolute atomic E-state index is 0.0819. The van der Waals surface area contributed by atoms with Gasteiger partial charge in [-0.3, -0.25) is 9.78 Å². The Morgan fingerprint density at radius 2 is 2.00 bits per heavy atom. The number of sulfonamides is 1. The highest BCUT2D eigenvalue weighted by molar-refractivity contribution is 7.89. The van der Waals surface area contributed by atoms with E-state index in [-0.39, 0.29) is 30.3 Å². The molecule has 0 atom stereocenters. The lowest BCUT2D eigenvalue weighted by Crippen LogP contribution is -2.29. The van der Waals surface area contributed by atoms with Crippen molar-refractivity contribution in [2.45, 2.75) is 17.7 Å². The molecule has 0 aliphatic heterocycles. The number of hydrogen-bond donors (Lipinski definition) is 3. The van der Waals surface area contributed by atoms with E-state index in [4.69, 9.17) is 5.73 Å². The van der Waals surface area contributed by atoms with Crippen molar-refractivity contribution in [2.24, 2.45) is 5.73 Å². The lowest BCUT2D eigenvalue weighted by molar-refractivity contribution is -0.116. The average Bonchev–Trinajstić information content (AvgIpc) is 2.59. The predicted molar refractivity (Wildman–Crippen MR) is 91.9 cm³/mol. The van der Waals surface area contributed by atoms with Gasteiger partial charge in [-0.15, -0.1) is 0 Å². The second kappa shape index (κ2) is 8.53. The molecule has 0 saturated carbocycles. The molecular formula is C16H20N4O3S. The Balaban J connectivity index is 1.97. The lowest BCUT2D eigenvalue weighted by Gasteiger charge is -2.09. The molecule has 1 amide bonds. The van der Waals surface area contributed by atoms with Crippen LogP contribution in [0.2, 0.25) is 0 Å². The van der Waals surface area contributed by atoms with E-state index in [0.717, 1.165) is 5.69 Å². The number of nitrogens with two attached hydrogens (primary N) is 1. The second-order valence-corrected chi connectivity index (χ2v) is 6.85. The number of carbonyl (C=O) groups excluding carboxylic acids is 1. The van der Waals surface area contributed by atoms with Crippen molar-refractivity contribution in [3.63, 3.8) is 0 Å². The number of anilines is 1. The first-order valence-electron chi connectivity index (χ1n) is 7.51. The number of hydrogen-bond acceptors (Lipinski definition) is 5. The average molecular weight is 348 g/mol. The van der Waals surface area contributed by atoms with Gasteiger partial charge >= 0.3 is 0 Å². The summed E-state index contributed by atoms with van der Waals surface area (Å²) in [6, 6.07) is 11.6. The van der Waals surface area contributed by atoms with Crippen molar-refractivity contribution in [1.82, 2.24) is 9.71 Å². The summed E-state index contributed by atoms with van der Waals surface area (Å²) >= 11 is 0. The molecule has 0 saturated heterocycles. The molecule has 1 aromatic heterocycles. The number of benzene rings is 1. The van der Waals surface area contributed by atoms with Crippen LogP contribution in [0.1, 0.15) is 12.1 Å². The van der Waals surface area contributed by atoms with Gasteiger partial charge in [0.2, 0.25) is 15.9 Å². The number of nitrogens with one attached hydrogen (secondary N) is 2. The van der Waals surface area contributed by atoms with Crippen molar-refractivity contribution in [1.29, 1.82) is 0 Å². The van der Waals surface area contributed by atoms with Gasteiger partial charge < -0.3 is 11.1 Å². The molecule has 1 heterocycles. The molecule has 1 aromatic carbocycles. The van der Waals surface area contributed by atoms with Gasteiger partial charge in [0.15, 0.2) is 0 Å². The third-order valence-corrected chi connectivity index (χ3v) is 4.66. The molecule has 0 aliphatic rings. The fraction of sp³-hybridized carbons (Fsp3) is 0.250. The molecule has 0 bridgehead atoms. The van der Waals surface area contributed by atoms with Crippen LogP contribution in [-0.2, 0) is 21.2 Å². The Hall–Kier alpha value is -2.29. The van der Waals surface area contributed by atoms with Crippen LogP contribution in [0.25, 0.3) is 0 Å². The van der Waals surface area contributed by atoms with E-state index in [2.05, 4.69) is 15.0 Å². The van der Waals surface area contributed by atoms with Crippen molar-refractivity contribution in [3.05, 3.63) is 54.4 Å². The molecule has 8 heteroatoms. The van der Waals surface area contributed by atoms with Gasteiger partial charge in [0.1, 0.15) is 0 Å². The molecule has 0 aliphatic carbocycles. The van der Waals surface area contributed by atoms with Gasteiger partial charge in [0, 0.05) is 37.1 Å². The predicted octanol–water partition coefficient (Wildman–Crippen LogP) is 0.890. The van der Waals surface area contributed by atoms with Crippen LogP contribution in [0.3, 0.4) is 0 Å². The Morgan fingerprint density at radius 3 is 2.71 bits per heavy atom. The van der Waals surface area contributed by atoms with Crippen molar-refractivity contribution in [3.8, 4) is 0 Å². The normalized spacial score (nSPS) is 11.2. The summed E-state index contributed by atoms with van der Waals surface area (Å²) in [6.07, 6.45) is 2.46. The van der Waals surface area contributed by atoms with Crippen LogP contribution in [0.4, 0.5) is 5.69 Å². The number of pyridine rings is 1. The van der Waals surface area contributed by atoms with Gasteiger partial charge in [0.05, 0.1) is 4.90 Å². The maximum absolute atomic E-state index is 12.1. The zero-order valence-electron chi connectivity index (χ0n) is 13.1. The lowest BCUT2D eigenvalue weighted by atomic mass is 10.2. The standard InChI is InChI=1S/C16H20N4O3S/c17-9-11-19-24(22,23)15-6-3-5-14(12-15)20-16(21)8-7-13-4-1-2-10-18-13/h1-6,10,12,19H,7-9,11,17H2,(H,20,21). The van der Waals surface area contributed by atoms with E-state index in [0.29, 0.717) is 12.1 Å². The zero-order valence-corrected chi connectivity index (χ0v) is 13.9. The number of amides is 1. The number of nitrogens with zero attached hydrogens (tertiary/aromatic N) is 1. The summed E-state index contributed by atoms with van der Waals surface area (Å²) in [5.74, 6) is -0.204. The molecule has 7 nitrogen and oxygen atoms in total. The highest BCUT2D eigenvalue weighted by atomic mass is 32.2. The van der Waals surface area contributed by atoms with E-state index >= 15 is 0 Å². The second-order valence-electron chi connectivity index (χ2n) is 5.08. The molecule has 0 radical (unpaired) electrons. The van der Waals surface area contributed by atoms with Crippen LogP contribution in [0.5, 0.6) is 0 Å². The molecule has 2 aromatic rings. The first-order valence-corrected chi connectivity index (χ1v) is 8.99. The molecule has 0 unspecified atom stereocenters. The molecule has 0 fully saturated rings. The Labute approximate surface area is 141 Å². The summed E-state index contributed by atoms with van der Waals surface area (Å²) in [7, 11) is -3.63. The van der Waals surface area contributed by atoms with Crippen LogP contribution in [-0.4, -0.2) is 32.4 Å². The van der Waals surface area contributed by atoms with Gasteiger partial charge in [-0.2, -0.15) is 0 Å². The minimum atomic E-state index is -3.63. The molecule has 4 N–H and O–H groups in total. The van der Waals surface area contributed by atoms with E-state index < -0.39 is 10.0 Å². The third-order valence-electron chi connectivity index (χ3n) is 3.20. The van der Waals surface area contributed by atoms with Crippen LogP contribution >= 0.6 is 0 Å². The highest BCUT2D eigenvalue weighted by Crippen LogP contribution is 2.15. The summed E-state index contributed by atoms with van der Waals surface area (Å²) in [5, 5.41) is 2.70. The highest BCUT2D eigenvalue weighted by Gasteiger charge is 2.14. The van der Waals surface area contributed by atoms with Gasteiger partial charge in [-0.05, 0) is 36.8 Å². The van der Waals surface area contributed by atoms with Crippen LogP contribution in [0.15, 0.2) is 53.6 Å². The first-order chi connectivity index (χ1) is 11.5. The Bertz CT molecular complexity index is 779. The van der Waals surface area contributed by atoms with Gasteiger partial charge in [-0.1, -0.05) is 12.1 Å². The van der Waals surface area contributed by atoms with E-state index in [9.17, 15) is 13.2 Å². The summed E-state index contributed by atoms with van der Waals surface area (Å²) < 4.78 is 26.5. The molecule has 24 heavy (non-hydrogen) atoms. The topological polar surface area (TPSA) is 114 Å². The molecule has 2 rings (SSSR count). The third kappa shape index (κ3) is 5.41. The smallest absolute Gasteiger partial charge is 0.240 e. The number of aryl methyl sites for hydroxylation is 1. The number of rotatable bonds is 8. The monoisotopic (exact) mass is 348 g/mol. The minimum Gasteiger partial charge on any atom is -0.329 e. The molecule has 128 valence electrons. The number of carbonyl (C=O) groups is 1. The summed E-state index contributed by atoms with van der Waals surface area (Å²) in [4.78, 5) is 16.2. The maximum atomic E-state index is 12.1. The number of aromatic nitrogens is 1. The SMILES string of the molecule is NCCNS(=O)(=O)c1cccc(NC(=O)CCc2ccccn2)c1. The fourth-order valence-electron chi connectivity index (χ4n) is 2.03.